The van der Waals surface area contributed by atoms with Gasteiger partial charge in [-0.3, -0.25) is 5.43 Å². The lowest BCUT2D eigenvalue weighted by Crippen LogP contribution is -2.27. The van der Waals surface area contributed by atoms with Crippen molar-refractivity contribution >= 4 is 29.2 Å². The van der Waals surface area contributed by atoms with Crippen molar-refractivity contribution in [2.24, 2.45) is 0 Å². The fourth-order valence-electron chi connectivity index (χ4n) is 2.54. The molecule has 2 aromatic rings. The second-order valence-electron chi connectivity index (χ2n) is 5.19. The molecule has 2 heterocycles. The van der Waals surface area contributed by atoms with Crippen LogP contribution in [-0.2, 0) is 0 Å². The molecule has 4 rings (SSSR count). The molecule has 1 saturated carbocycles. The standard InChI is InChI=1S/C14H12F2N4S/c15-9-4-11-12(5-10(9)16)20(8-1-2-8)14(18-11)7-3-13(21)19-17-6-7/h3-6,8,17,19,21H,1-2H2. The van der Waals surface area contributed by atoms with Crippen molar-refractivity contribution in [3.8, 4) is 0 Å². The summed E-state index contributed by atoms with van der Waals surface area (Å²) < 4.78 is 29.0. The Balaban J connectivity index is 1.96. The normalized spacial score (nSPS) is 18.0. The van der Waals surface area contributed by atoms with E-state index in [1.807, 2.05) is 10.6 Å². The maximum atomic E-state index is 13.5. The fourth-order valence-corrected chi connectivity index (χ4v) is 2.74. The number of fused-ring (bicyclic) bond motifs is 1. The zero-order chi connectivity index (χ0) is 14.6. The van der Waals surface area contributed by atoms with Crippen LogP contribution in [0.2, 0.25) is 0 Å². The van der Waals surface area contributed by atoms with Crippen LogP contribution in [0.25, 0.3) is 16.6 Å². The first-order valence-electron chi connectivity index (χ1n) is 6.63. The number of nitrogens with one attached hydrogen (secondary N) is 2. The van der Waals surface area contributed by atoms with Gasteiger partial charge in [0.1, 0.15) is 5.82 Å². The Morgan fingerprint density at radius 1 is 1.24 bits per heavy atom. The SMILES string of the molecule is Fc1cc2nc(C3=CNNC(S)=C3)n(C3CC3)c2cc1F. The molecule has 1 aromatic carbocycles. The highest BCUT2D eigenvalue weighted by molar-refractivity contribution is 7.84. The Morgan fingerprint density at radius 2 is 2.00 bits per heavy atom. The van der Waals surface area contributed by atoms with Gasteiger partial charge in [-0.2, -0.15) is 0 Å². The van der Waals surface area contributed by atoms with Gasteiger partial charge in [0.15, 0.2) is 11.6 Å². The van der Waals surface area contributed by atoms with E-state index in [-0.39, 0.29) is 0 Å². The lowest BCUT2D eigenvalue weighted by molar-refractivity contribution is 0.510. The van der Waals surface area contributed by atoms with Gasteiger partial charge in [-0.1, -0.05) is 0 Å². The summed E-state index contributed by atoms with van der Waals surface area (Å²) in [4.78, 5) is 4.48. The van der Waals surface area contributed by atoms with Crippen LogP contribution in [0, 0.1) is 11.6 Å². The molecule has 1 fully saturated rings. The van der Waals surface area contributed by atoms with Crippen LogP contribution in [0.1, 0.15) is 24.7 Å². The number of benzene rings is 1. The van der Waals surface area contributed by atoms with Gasteiger partial charge in [0.05, 0.1) is 16.1 Å². The molecule has 108 valence electrons. The molecule has 0 bridgehead atoms. The molecule has 4 nitrogen and oxygen atoms in total. The molecule has 2 N–H and O–H groups in total. The second kappa shape index (κ2) is 4.49. The number of allylic oxidation sites excluding steroid dienone is 2. The van der Waals surface area contributed by atoms with Crippen molar-refractivity contribution in [1.29, 1.82) is 0 Å². The molecular weight excluding hydrogens is 294 g/mol. The monoisotopic (exact) mass is 306 g/mol. The van der Waals surface area contributed by atoms with E-state index in [0.717, 1.165) is 24.5 Å². The number of thiol groups is 1. The van der Waals surface area contributed by atoms with E-state index in [1.165, 1.54) is 6.07 Å². The van der Waals surface area contributed by atoms with Crippen LogP contribution < -0.4 is 10.9 Å². The Morgan fingerprint density at radius 3 is 2.71 bits per heavy atom. The van der Waals surface area contributed by atoms with Crippen molar-refractivity contribution in [3.63, 3.8) is 0 Å². The highest BCUT2D eigenvalue weighted by Crippen LogP contribution is 2.40. The lowest BCUT2D eigenvalue weighted by atomic mass is 10.2. The number of aromatic nitrogens is 2. The molecule has 7 heteroatoms. The van der Waals surface area contributed by atoms with E-state index >= 15 is 0 Å². The van der Waals surface area contributed by atoms with Crippen LogP contribution in [0.5, 0.6) is 0 Å². The zero-order valence-corrected chi connectivity index (χ0v) is 11.8. The number of hydrogen-bond acceptors (Lipinski definition) is 4. The molecule has 1 aliphatic carbocycles. The predicted octanol–water partition coefficient (Wildman–Crippen LogP) is 2.87. The predicted molar refractivity (Wildman–Crippen MR) is 79.2 cm³/mol. The topological polar surface area (TPSA) is 41.9 Å². The molecule has 0 unspecified atom stereocenters. The Bertz CT molecular complexity index is 805. The van der Waals surface area contributed by atoms with Crippen molar-refractivity contribution in [1.82, 2.24) is 20.4 Å². The van der Waals surface area contributed by atoms with Gasteiger partial charge in [-0.05, 0) is 18.9 Å². The summed E-state index contributed by atoms with van der Waals surface area (Å²) in [5.74, 6) is -1.03. The highest BCUT2D eigenvalue weighted by Gasteiger charge is 2.30. The third-order valence-corrected chi connectivity index (χ3v) is 3.86. The van der Waals surface area contributed by atoms with Gasteiger partial charge in [-0.15, -0.1) is 12.6 Å². The molecule has 0 radical (unpaired) electrons. The second-order valence-corrected chi connectivity index (χ2v) is 5.67. The maximum absolute atomic E-state index is 13.5. The van der Waals surface area contributed by atoms with Crippen molar-refractivity contribution < 1.29 is 8.78 Å². The van der Waals surface area contributed by atoms with Crippen molar-refractivity contribution in [2.45, 2.75) is 18.9 Å². The third-order valence-electron chi connectivity index (χ3n) is 3.62. The third kappa shape index (κ3) is 2.08. The fraction of sp³-hybridized carbons (Fsp3) is 0.214. The number of halogens is 2. The first kappa shape index (κ1) is 12.7. The number of nitrogens with zero attached hydrogens (tertiary/aromatic N) is 2. The number of rotatable bonds is 2. The lowest BCUT2D eigenvalue weighted by Gasteiger charge is -2.15. The summed E-state index contributed by atoms with van der Waals surface area (Å²) in [5.41, 5.74) is 7.63. The Hall–Kier alpha value is -2.02. The molecule has 2 aliphatic rings. The molecule has 21 heavy (non-hydrogen) atoms. The van der Waals surface area contributed by atoms with Gasteiger partial charge < -0.3 is 9.99 Å². The van der Waals surface area contributed by atoms with Crippen molar-refractivity contribution in [3.05, 3.63) is 46.9 Å². The summed E-state index contributed by atoms with van der Waals surface area (Å²) in [5, 5.41) is 0.652. The first-order valence-corrected chi connectivity index (χ1v) is 7.08. The Kier molecular flexibility index (Phi) is 2.72. The molecular formula is C14H12F2N4S. The molecule has 0 spiro atoms. The largest absolute Gasteiger partial charge is 0.321 e. The summed E-state index contributed by atoms with van der Waals surface area (Å²) in [7, 11) is 0. The molecule has 1 aromatic heterocycles. The van der Waals surface area contributed by atoms with E-state index in [1.54, 1.807) is 6.20 Å². The average Bonchev–Trinajstić information content (AvgIpc) is 3.22. The van der Waals surface area contributed by atoms with Gasteiger partial charge in [0, 0.05) is 29.9 Å². The van der Waals surface area contributed by atoms with Crippen LogP contribution in [-0.4, -0.2) is 9.55 Å². The smallest absolute Gasteiger partial charge is 0.161 e. The minimum Gasteiger partial charge on any atom is -0.321 e. The number of hydrazine groups is 1. The molecule has 0 atom stereocenters. The molecule has 1 aliphatic heterocycles. The van der Waals surface area contributed by atoms with E-state index in [4.69, 9.17) is 0 Å². The van der Waals surface area contributed by atoms with Crippen LogP contribution in [0.4, 0.5) is 8.78 Å². The van der Waals surface area contributed by atoms with Crippen LogP contribution >= 0.6 is 12.6 Å². The zero-order valence-electron chi connectivity index (χ0n) is 10.9. The van der Waals surface area contributed by atoms with E-state index in [9.17, 15) is 8.78 Å². The highest BCUT2D eigenvalue weighted by atomic mass is 32.1. The number of imidazole rings is 1. The van der Waals surface area contributed by atoms with Gasteiger partial charge >= 0.3 is 0 Å². The summed E-state index contributed by atoms with van der Waals surface area (Å²) >= 11 is 4.26. The minimum absolute atomic E-state index is 0.294. The van der Waals surface area contributed by atoms with Gasteiger partial charge in [0.2, 0.25) is 0 Å². The quantitative estimate of drug-likeness (QED) is 0.747. The van der Waals surface area contributed by atoms with E-state index in [0.29, 0.717) is 27.9 Å². The van der Waals surface area contributed by atoms with E-state index < -0.39 is 11.6 Å². The minimum atomic E-state index is -0.877. The van der Waals surface area contributed by atoms with Gasteiger partial charge in [-0.25, -0.2) is 13.8 Å². The maximum Gasteiger partial charge on any atom is 0.161 e. The first-order chi connectivity index (χ1) is 10.1. The number of hydrogen-bond donors (Lipinski definition) is 3. The molecule has 0 saturated heterocycles. The van der Waals surface area contributed by atoms with Crippen LogP contribution in [0.15, 0.2) is 29.4 Å². The summed E-state index contributed by atoms with van der Waals surface area (Å²) in [6.45, 7) is 0. The van der Waals surface area contributed by atoms with E-state index in [2.05, 4.69) is 28.5 Å². The van der Waals surface area contributed by atoms with Crippen molar-refractivity contribution in [2.75, 3.05) is 0 Å². The summed E-state index contributed by atoms with van der Waals surface area (Å²) in [6.07, 6.45) is 5.63. The average molecular weight is 306 g/mol. The molecule has 0 amide bonds. The summed E-state index contributed by atoms with van der Waals surface area (Å²) in [6, 6.07) is 2.66. The van der Waals surface area contributed by atoms with Gasteiger partial charge in [0.25, 0.3) is 0 Å². The Labute approximate surface area is 124 Å². The van der Waals surface area contributed by atoms with Crippen LogP contribution in [0.3, 0.4) is 0 Å².